The number of aromatic nitrogens is 2. The van der Waals surface area contributed by atoms with Crippen molar-refractivity contribution in [3.63, 3.8) is 0 Å². The quantitative estimate of drug-likeness (QED) is 0.936. The van der Waals surface area contributed by atoms with E-state index in [9.17, 15) is 4.79 Å². The van der Waals surface area contributed by atoms with Gasteiger partial charge in [-0.1, -0.05) is 17.7 Å². The highest BCUT2D eigenvalue weighted by atomic mass is 16.1. The fourth-order valence-corrected chi connectivity index (χ4v) is 2.54. The Hall–Kier alpha value is -2.10. The predicted octanol–water partition coefficient (Wildman–Crippen LogP) is 3.32. The maximum absolute atomic E-state index is 12.5. The zero-order valence-electron chi connectivity index (χ0n) is 13.4. The number of hydrogen-bond acceptors (Lipinski definition) is 2. The Morgan fingerprint density at radius 3 is 2.67 bits per heavy atom. The van der Waals surface area contributed by atoms with Crippen LogP contribution in [0, 0.1) is 20.8 Å². The molecule has 21 heavy (non-hydrogen) atoms. The average molecular weight is 285 g/mol. The van der Waals surface area contributed by atoms with E-state index in [1.165, 1.54) is 0 Å². The molecule has 1 heterocycles. The van der Waals surface area contributed by atoms with Gasteiger partial charge in [-0.3, -0.25) is 9.48 Å². The van der Waals surface area contributed by atoms with E-state index < -0.39 is 0 Å². The summed E-state index contributed by atoms with van der Waals surface area (Å²) in [7, 11) is 0. The molecule has 112 valence electrons. The maximum Gasteiger partial charge on any atom is 0.252 e. The third-order valence-corrected chi connectivity index (χ3v) is 3.89. The summed E-state index contributed by atoms with van der Waals surface area (Å²) >= 11 is 0. The molecule has 4 nitrogen and oxygen atoms in total. The van der Waals surface area contributed by atoms with Crippen LogP contribution >= 0.6 is 0 Å². The molecule has 0 aliphatic carbocycles. The van der Waals surface area contributed by atoms with Gasteiger partial charge in [0.25, 0.3) is 5.91 Å². The van der Waals surface area contributed by atoms with Crippen LogP contribution in [0.1, 0.15) is 52.6 Å². The molecule has 0 saturated heterocycles. The number of benzene rings is 1. The summed E-state index contributed by atoms with van der Waals surface area (Å²) in [6.07, 6.45) is 1.84. The van der Waals surface area contributed by atoms with Crippen LogP contribution < -0.4 is 5.32 Å². The number of hydrogen-bond donors (Lipinski definition) is 1. The first-order valence-corrected chi connectivity index (χ1v) is 7.34. The van der Waals surface area contributed by atoms with Gasteiger partial charge in [-0.25, -0.2) is 0 Å². The smallest absolute Gasteiger partial charge is 0.252 e. The van der Waals surface area contributed by atoms with Crippen molar-refractivity contribution in [1.82, 2.24) is 15.1 Å². The van der Waals surface area contributed by atoms with Crippen molar-refractivity contribution >= 4 is 5.91 Å². The lowest BCUT2D eigenvalue weighted by Crippen LogP contribution is -2.27. The van der Waals surface area contributed by atoms with Gasteiger partial charge in [-0.15, -0.1) is 0 Å². The number of aryl methyl sites for hydroxylation is 3. The summed E-state index contributed by atoms with van der Waals surface area (Å²) in [5.41, 5.74) is 4.99. The summed E-state index contributed by atoms with van der Waals surface area (Å²) in [6, 6.07) is 5.87. The highest BCUT2D eigenvalue weighted by Gasteiger charge is 2.17. The highest BCUT2D eigenvalue weighted by molar-refractivity contribution is 5.96. The average Bonchev–Trinajstić information content (AvgIpc) is 2.82. The van der Waals surface area contributed by atoms with Crippen LogP contribution in [-0.4, -0.2) is 15.7 Å². The Labute approximate surface area is 126 Å². The summed E-state index contributed by atoms with van der Waals surface area (Å²) in [5.74, 6) is -0.0349. The molecule has 2 aromatic rings. The summed E-state index contributed by atoms with van der Waals surface area (Å²) < 4.78 is 1.94. The molecule has 4 heteroatoms. The zero-order valence-corrected chi connectivity index (χ0v) is 13.4. The Kier molecular flexibility index (Phi) is 4.46. The zero-order chi connectivity index (χ0) is 15.6. The fourth-order valence-electron chi connectivity index (χ4n) is 2.54. The van der Waals surface area contributed by atoms with Crippen LogP contribution in [0.25, 0.3) is 0 Å². The molecule has 2 rings (SSSR count). The molecule has 0 spiro atoms. The second-order valence-corrected chi connectivity index (χ2v) is 5.51. The fraction of sp³-hybridized carbons (Fsp3) is 0.412. The van der Waals surface area contributed by atoms with E-state index in [2.05, 4.69) is 17.3 Å². The Morgan fingerprint density at radius 1 is 1.33 bits per heavy atom. The molecule has 1 atom stereocenters. The van der Waals surface area contributed by atoms with E-state index in [0.717, 1.165) is 34.5 Å². The number of nitrogens with one attached hydrogen (secondary N) is 1. The van der Waals surface area contributed by atoms with Crippen molar-refractivity contribution in [2.45, 2.75) is 47.2 Å². The first-order chi connectivity index (χ1) is 9.93. The number of carbonyl (C=O) groups is 1. The molecule has 1 amide bonds. The number of nitrogens with zero attached hydrogens (tertiary/aromatic N) is 2. The van der Waals surface area contributed by atoms with Gasteiger partial charge in [0, 0.05) is 23.4 Å². The molecular formula is C17H23N3O. The number of amides is 1. The van der Waals surface area contributed by atoms with Gasteiger partial charge in [0.1, 0.15) is 0 Å². The molecule has 1 aromatic heterocycles. The Morgan fingerprint density at radius 2 is 2.05 bits per heavy atom. The van der Waals surface area contributed by atoms with E-state index in [4.69, 9.17) is 0 Å². The van der Waals surface area contributed by atoms with E-state index in [-0.39, 0.29) is 11.9 Å². The molecule has 0 aliphatic heterocycles. The second-order valence-electron chi connectivity index (χ2n) is 5.51. The minimum Gasteiger partial charge on any atom is -0.345 e. The van der Waals surface area contributed by atoms with Crippen molar-refractivity contribution in [2.24, 2.45) is 0 Å². The molecule has 1 unspecified atom stereocenters. The first kappa shape index (κ1) is 15.3. The lowest BCUT2D eigenvalue weighted by Gasteiger charge is -2.15. The largest absolute Gasteiger partial charge is 0.345 e. The number of rotatable bonds is 4. The normalized spacial score (nSPS) is 12.2. The van der Waals surface area contributed by atoms with E-state index in [0.29, 0.717) is 0 Å². The minimum absolute atomic E-state index is 0.0349. The van der Waals surface area contributed by atoms with Gasteiger partial charge in [0.2, 0.25) is 0 Å². The molecular weight excluding hydrogens is 262 g/mol. The third-order valence-electron chi connectivity index (χ3n) is 3.89. The molecule has 0 bridgehead atoms. The monoisotopic (exact) mass is 285 g/mol. The summed E-state index contributed by atoms with van der Waals surface area (Å²) in [4.78, 5) is 12.5. The number of carbonyl (C=O) groups excluding carboxylic acids is 1. The lowest BCUT2D eigenvalue weighted by molar-refractivity contribution is 0.0939. The van der Waals surface area contributed by atoms with Crippen LogP contribution in [0.2, 0.25) is 0 Å². The summed E-state index contributed by atoms with van der Waals surface area (Å²) in [6.45, 7) is 10.9. The van der Waals surface area contributed by atoms with Crippen LogP contribution in [-0.2, 0) is 6.54 Å². The van der Waals surface area contributed by atoms with Crippen molar-refractivity contribution < 1.29 is 4.79 Å². The third kappa shape index (κ3) is 3.15. The molecule has 1 N–H and O–H groups in total. The molecule has 0 aliphatic rings. The van der Waals surface area contributed by atoms with Crippen molar-refractivity contribution in [3.8, 4) is 0 Å². The van der Waals surface area contributed by atoms with Crippen molar-refractivity contribution in [1.29, 1.82) is 0 Å². The molecule has 1 aromatic carbocycles. The SMILES string of the molecule is CCn1ncc(C(C)NC(=O)c2cc(C)ccc2C)c1C. The van der Waals surface area contributed by atoms with Gasteiger partial charge in [0.05, 0.1) is 12.2 Å². The van der Waals surface area contributed by atoms with E-state index >= 15 is 0 Å². The van der Waals surface area contributed by atoms with E-state index in [1.807, 2.05) is 56.8 Å². The van der Waals surface area contributed by atoms with Crippen LogP contribution in [0.5, 0.6) is 0 Å². The molecule has 0 fully saturated rings. The van der Waals surface area contributed by atoms with Crippen molar-refractivity contribution in [2.75, 3.05) is 0 Å². The topological polar surface area (TPSA) is 46.9 Å². The molecule has 0 radical (unpaired) electrons. The predicted molar refractivity (Wildman–Crippen MR) is 84.4 cm³/mol. The minimum atomic E-state index is -0.0577. The van der Waals surface area contributed by atoms with Crippen molar-refractivity contribution in [3.05, 3.63) is 52.3 Å². The first-order valence-electron chi connectivity index (χ1n) is 7.34. The highest BCUT2D eigenvalue weighted by Crippen LogP contribution is 2.18. The van der Waals surface area contributed by atoms with Crippen LogP contribution in [0.4, 0.5) is 0 Å². The van der Waals surface area contributed by atoms with E-state index in [1.54, 1.807) is 0 Å². The van der Waals surface area contributed by atoms with Gasteiger partial charge < -0.3 is 5.32 Å². The Balaban J connectivity index is 2.18. The van der Waals surface area contributed by atoms with Crippen LogP contribution in [0.15, 0.2) is 24.4 Å². The maximum atomic E-state index is 12.5. The summed E-state index contributed by atoms with van der Waals surface area (Å²) in [5, 5.41) is 7.40. The van der Waals surface area contributed by atoms with Crippen LogP contribution in [0.3, 0.4) is 0 Å². The van der Waals surface area contributed by atoms with Gasteiger partial charge in [0.15, 0.2) is 0 Å². The van der Waals surface area contributed by atoms with Gasteiger partial charge in [-0.2, -0.15) is 5.10 Å². The van der Waals surface area contributed by atoms with Gasteiger partial charge >= 0.3 is 0 Å². The standard InChI is InChI=1S/C17H23N3O/c1-6-20-14(5)16(10-18-20)13(4)19-17(21)15-9-11(2)7-8-12(15)3/h7-10,13H,6H2,1-5H3,(H,19,21). The Bertz CT molecular complexity index is 658. The lowest BCUT2D eigenvalue weighted by atomic mass is 10.0. The second kappa shape index (κ2) is 6.12. The molecule has 0 saturated carbocycles. The van der Waals surface area contributed by atoms with Gasteiger partial charge in [-0.05, 0) is 46.2 Å².